The van der Waals surface area contributed by atoms with E-state index in [1.165, 1.54) is 0 Å². The van der Waals surface area contributed by atoms with E-state index in [1.807, 2.05) is 66.4 Å². The Labute approximate surface area is 201 Å². The fraction of sp³-hybridized carbons (Fsp3) is 0.292. The van der Waals surface area contributed by atoms with Crippen LogP contribution in [0.4, 0.5) is 21.0 Å². The van der Waals surface area contributed by atoms with Crippen LogP contribution in [0.25, 0.3) is 10.9 Å². The third-order valence-electron chi connectivity index (χ3n) is 5.56. The number of pyridine rings is 1. The number of anilines is 2. The molecule has 8 nitrogen and oxygen atoms in total. The Bertz CT molecular complexity index is 1130. The lowest BCUT2D eigenvalue weighted by Crippen LogP contribution is -2.51. The predicted molar refractivity (Wildman–Crippen MR) is 135 cm³/mol. The standard InChI is InChI=1S/C24H27BrN6O2/c1-17-16-22(20-4-2-3-5-21(20)27-17)29-23(32)26-10-11-30-12-14-31(15-13-30)24(33)28-19-8-6-18(25)7-9-19/h2-9,16H,10-15H2,1H3,(H,28,33)(H2,26,27,29,32). The Balaban J connectivity index is 1.19. The first kappa shape index (κ1) is 23.0. The maximum Gasteiger partial charge on any atom is 0.321 e. The number of piperazine rings is 1. The number of carbonyl (C=O) groups is 2. The van der Waals surface area contributed by atoms with E-state index in [4.69, 9.17) is 0 Å². The van der Waals surface area contributed by atoms with Crippen molar-refractivity contribution in [3.63, 3.8) is 0 Å². The smallest absolute Gasteiger partial charge is 0.321 e. The number of hydrogen-bond donors (Lipinski definition) is 3. The maximum atomic E-state index is 12.5. The zero-order valence-corrected chi connectivity index (χ0v) is 20.1. The Hall–Kier alpha value is -3.17. The normalized spacial score (nSPS) is 14.2. The highest BCUT2D eigenvalue weighted by molar-refractivity contribution is 9.10. The van der Waals surface area contributed by atoms with Gasteiger partial charge in [0.05, 0.1) is 11.2 Å². The predicted octanol–water partition coefficient (Wildman–Crippen LogP) is 4.28. The summed E-state index contributed by atoms with van der Waals surface area (Å²) in [6, 6.07) is 16.8. The Morgan fingerprint density at radius 2 is 1.73 bits per heavy atom. The van der Waals surface area contributed by atoms with E-state index in [1.54, 1.807) is 0 Å². The van der Waals surface area contributed by atoms with Crippen molar-refractivity contribution in [2.45, 2.75) is 6.92 Å². The Kier molecular flexibility index (Phi) is 7.41. The van der Waals surface area contributed by atoms with E-state index in [0.29, 0.717) is 19.6 Å². The highest BCUT2D eigenvalue weighted by atomic mass is 79.9. The SMILES string of the molecule is Cc1cc(NC(=O)NCCN2CCN(C(=O)Nc3ccc(Br)cc3)CC2)c2ccccc2n1. The number of aromatic nitrogens is 1. The molecule has 2 heterocycles. The number of urea groups is 2. The molecule has 2 aromatic carbocycles. The van der Waals surface area contributed by atoms with E-state index in [2.05, 4.69) is 41.8 Å². The summed E-state index contributed by atoms with van der Waals surface area (Å²) in [6.07, 6.45) is 0. The van der Waals surface area contributed by atoms with E-state index >= 15 is 0 Å². The molecule has 0 radical (unpaired) electrons. The number of benzene rings is 2. The summed E-state index contributed by atoms with van der Waals surface area (Å²) in [5.41, 5.74) is 3.24. The average Bonchev–Trinajstić information content (AvgIpc) is 2.81. The van der Waals surface area contributed by atoms with Crippen LogP contribution in [0, 0.1) is 6.92 Å². The van der Waals surface area contributed by atoms with Crippen LogP contribution in [-0.2, 0) is 0 Å². The van der Waals surface area contributed by atoms with Crippen LogP contribution in [0.1, 0.15) is 5.69 Å². The molecule has 0 atom stereocenters. The van der Waals surface area contributed by atoms with Crippen LogP contribution in [0.3, 0.4) is 0 Å². The number of halogens is 1. The maximum absolute atomic E-state index is 12.5. The fourth-order valence-corrected chi connectivity index (χ4v) is 4.08. The van der Waals surface area contributed by atoms with Crippen LogP contribution in [0.2, 0.25) is 0 Å². The minimum atomic E-state index is -0.238. The van der Waals surface area contributed by atoms with Gasteiger partial charge in [-0.1, -0.05) is 34.1 Å². The number of rotatable bonds is 5. The van der Waals surface area contributed by atoms with Crippen molar-refractivity contribution in [2.75, 3.05) is 49.9 Å². The molecule has 0 unspecified atom stereocenters. The van der Waals surface area contributed by atoms with Crippen molar-refractivity contribution in [1.29, 1.82) is 0 Å². The molecule has 4 amide bonds. The first-order chi connectivity index (χ1) is 16.0. The molecular weight excluding hydrogens is 484 g/mol. The second-order valence-electron chi connectivity index (χ2n) is 7.97. The number of fused-ring (bicyclic) bond motifs is 1. The van der Waals surface area contributed by atoms with Crippen molar-refractivity contribution >= 4 is 50.3 Å². The number of para-hydroxylation sites is 1. The molecule has 0 aliphatic carbocycles. The second kappa shape index (κ2) is 10.6. The van der Waals surface area contributed by atoms with Crippen LogP contribution in [0.15, 0.2) is 59.1 Å². The van der Waals surface area contributed by atoms with Gasteiger partial charge in [-0.2, -0.15) is 0 Å². The number of nitrogens with zero attached hydrogens (tertiary/aromatic N) is 3. The van der Waals surface area contributed by atoms with Gasteiger partial charge in [0.15, 0.2) is 0 Å². The third kappa shape index (κ3) is 6.21. The van der Waals surface area contributed by atoms with Gasteiger partial charge < -0.3 is 20.9 Å². The van der Waals surface area contributed by atoms with Gasteiger partial charge in [0.25, 0.3) is 0 Å². The topological polar surface area (TPSA) is 89.6 Å². The summed E-state index contributed by atoms with van der Waals surface area (Å²) in [5.74, 6) is 0. The Morgan fingerprint density at radius 1 is 1.00 bits per heavy atom. The molecule has 0 saturated carbocycles. The first-order valence-electron chi connectivity index (χ1n) is 10.9. The lowest BCUT2D eigenvalue weighted by molar-refractivity contribution is 0.148. The van der Waals surface area contributed by atoms with Gasteiger partial charge in [0, 0.05) is 60.5 Å². The zero-order chi connectivity index (χ0) is 23.2. The monoisotopic (exact) mass is 510 g/mol. The van der Waals surface area contributed by atoms with E-state index in [-0.39, 0.29) is 12.1 Å². The van der Waals surface area contributed by atoms with Crippen LogP contribution in [-0.4, -0.2) is 66.1 Å². The van der Waals surface area contributed by atoms with Gasteiger partial charge in [-0.25, -0.2) is 9.59 Å². The second-order valence-corrected chi connectivity index (χ2v) is 8.89. The molecule has 0 bridgehead atoms. The molecule has 3 N–H and O–H groups in total. The number of hydrogen-bond acceptors (Lipinski definition) is 4. The molecule has 3 aromatic rings. The summed E-state index contributed by atoms with van der Waals surface area (Å²) in [6.45, 7) is 6.00. The van der Waals surface area contributed by atoms with Gasteiger partial charge in [0.2, 0.25) is 0 Å². The summed E-state index contributed by atoms with van der Waals surface area (Å²) >= 11 is 3.39. The van der Waals surface area contributed by atoms with Crippen LogP contribution < -0.4 is 16.0 Å². The first-order valence-corrected chi connectivity index (χ1v) is 11.7. The average molecular weight is 511 g/mol. The number of nitrogens with one attached hydrogen (secondary N) is 3. The van der Waals surface area contributed by atoms with E-state index in [0.717, 1.165) is 52.1 Å². The largest absolute Gasteiger partial charge is 0.337 e. The molecule has 1 aromatic heterocycles. The van der Waals surface area contributed by atoms with Crippen molar-refractivity contribution in [1.82, 2.24) is 20.1 Å². The lowest BCUT2D eigenvalue weighted by atomic mass is 10.1. The highest BCUT2D eigenvalue weighted by Gasteiger charge is 2.21. The molecule has 1 fully saturated rings. The zero-order valence-electron chi connectivity index (χ0n) is 18.5. The van der Waals surface area contributed by atoms with E-state index < -0.39 is 0 Å². The fourth-order valence-electron chi connectivity index (χ4n) is 3.82. The van der Waals surface area contributed by atoms with Crippen LogP contribution in [0.5, 0.6) is 0 Å². The Morgan fingerprint density at radius 3 is 2.48 bits per heavy atom. The molecule has 33 heavy (non-hydrogen) atoms. The van der Waals surface area contributed by atoms with Crippen molar-refractivity contribution in [3.05, 3.63) is 64.8 Å². The van der Waals surface area contributed by atoms with Gasteiger partial charge in [-0.15, -0.1) is 0 Å². The van der Waals surface area contributed by atoms with Gasteiger partial charge >= 0.3 is 12.1 Å². The molecule has 172 valence electrons. The van der Waals surface area contributed by atoms with Gasteiger partial charge in [-0.05, 0) is 43.3 Å². The molecule has 0 spiro atoms. The highest BCUT2D eigenvalue weighted by Crippen LogP contribution is 2.22. The van der Waals surface area contributed by atoms with Crippen molar-refractivity contribution in [3.8, 4) is 0 Å². The summed E-state index contributed by atoms with van der Waals surface area (Å²) in [7, 11) is 0. The van der Waals surface area contributed by atoms with Gasteiger partial charge in [0.1, 0.15) is 0 Å². The molecule has 1 aliphatic heterocycles. The van der Waals surface area contributed by atoms with Crippen molar-refractivity contribution in [2.24, 2.45) is 0 Å². The number of aryl methyl sites for hydroxylation is 1. The number of carbonyl (C=O) groups excluding carboxylic acids is 2. The molecule has 1 aliphatic rings. The number of amides is 4. The minimum absolute atomic E-state index is 0.0886. The molecule has 9 heteroatoms. The molecular formula is C24H27BrN6O2. The lowest BCUT2D eigenvalue weighted by Gasteiger charge is -2.34. The van der Waals surface area contributed by atoms with Crippen LogP contribution >= 0.6 is 15.9 Å². The quantitative estimate of drug-likeness (QED) is 0.477. The van der Waals surface area contributed by atoms with Gasteiger partial charge in [-0.3, -0.25) is 9.88 Å². The third-order valence-corrected chi connectivity index (χ3v) is 6.09. The molecule has 4 rings (SSSR count). The van der Waals surface area contributed by atoms with Crippen molar-refractivity contribution < 1.29 is 9.59 Å². The minimum Gasteiger partial charge on any atom is -0.337 e. The molecule has 1 saturated heterocycles. The summed E-state index contributed by atoms with van der Waals surface area (Å²) < 4.78 is 0.973. The summed E-state index contributed by atoms with van der Waals surface area (Å²) in [4.78, 5) is 33.4. The summed E-state index contributed by atoms with van der Waals surface area (Å²) in [5, 5.41) is 9.71. The van der Waals surface area contributed by atoms with E-state index in [9.17, 15) is 9.59 Å².